The third-order valence-electron chi connectivity index (χ3n) is 5.85. The van der Waals surface area contributed by atoms with E-state index >= 15 is 0 Å². The number of sulfonamides is 1. The average Bonchev–Trinajstić information content (AvgIpc) is 3.12. The smallest absolute Gasteiger partial charge is 0.240 e. The lowest BCUT2D eigenvalue weighted by molar-refractivity contribution is -0.131. The Balaban J connectivity index is 0.00000193. The quantitative estimate of drug-likeness (QED) is 0.296. The number of hydrazone groups is 1. The number of carbonyl (C=O) groups excluding carboxylic acids is 1. The number of amides is 1. The molecule has 2 aromatic rings. The summed E-state index contributed by atoms with van der Waals surface area (Å²) < 4.78 is 28.2. The Morgan fingerprint density at radius 3 is 2.79 bits per heavy atom. The molecular formula is C22H29Cl2N5O3S. The lowest BCUT2D eigenvalue weighted by Gasteiger charge is -2.19. The molecule has 8 nitrogen and oxygen atoms in total. The van der Waals surface area contributed by atoms with Gasteiger partial charge in [-0.2, -0.15) is 5.10 Å². The minimum atomic E-state index is -3.67. The van der Waals surface area contributed by atoms with Crippen LogP contribution in [0.4, 0.5) is 0 Å². The molecule has 1 amide bonds. The summed E-state index contributed by atoms with van der Waals surface area (Å²) in [6.07, 6.45) is 3.08. The van der Waals surface area contributed by atoms with E-state index < -0.39 is 10.0 Å². The summed E-state index contributed by atoms with van der Waals surface area (Å²) in [5, 5.41) is 6.79. The van der Waals surface area contributed by atoms with Crippen LogP contribution in [-0.4, -0.2) is 45.1 Å². The molecule has 2 aromatic carbocycles. The normalized spacial score (nSPS) is 18.0. The van der Waals surface area contributed by atoms with Crippen LogP contribution in [0.2, 0.25) is 0 Å². The second-order valence-corrected chi connectivity index (χ2v) is 9.74. The van der Waals surface area contributed by atoms with Crippen molar-refractivity contribution in [1.82, 2.24) is 14.9 Å². The van der Waals surface area contributed by atoms with Crippen molar-refractivity contribution < 1.29 is 13.2 Å². The molecule has 0 aliphatic carbocycles. The van der Waals surface area contributed by atoms with Gasteiger partial charge in [-0.1, -0.05) is 24.3 Å². The van der Waals surface area contributed by atoms with E-state index in [0.717, 1.165) is 29.7 Å². The summed E-state index contributed by atoms with van der Waals surface area (Å²) in [6, 6.07) is 12.9. The topological polar surface area (TPSA) is 117 Å². The van der Waals surface area contributed by atoms with Crippen LogP contribution in [0.1, 0.15) is 28.7 Å². The Morgan fingerprint density at radius 1 is 1.18 bits per heavy atom. The van der Waals surface area contributed by atoms with Gasteiger partial charge in [-0.3, -0.25) is 4.79 Å². The van der Waals surface area contributed by atoms with Gasteiger partial charge < -0.3 is 16.1 Å². The number of hydrogen-bond acceptors (Lipinski definition) is 6. The molecule has 0 spiro atoms. The molecule has 180 valence electrons. The molecule has 2 aliphatic rings. The van der Waals surface area contributed by atoms with Crippen molar-refractivity contribution in [3.8, 4) is 0 Å². The number of likely N-dealkylation sites (tertiary alicyclic amines) is 1. The molecule has 0 saturated carbocycles. The van der Waals surface area contributed by atoms with Crippen molar-refractivity contribution in [2.75, 3.05) is 19.6 Å². The third-order valence-corrected chi connectivity index (χ3v) is 7.27. The van der Waals surface area contributed by atoms with Crippen LogP contribution in [0.5, 0.6) is 0 Å². The zero-order valence-electron chi connectivity index (χ0n) is 18.1. The Bertz CT molecular complexity index is 1110. The molecule has 0 radical (unpaired) electrons. The zero-order valence-corrected chi connectivity index (χ0v) is 20.5. The third kappa shape index (κ3) is 6.45. The first-order valence-electron chi connectivity index (χ1n) is 10.4. The minimum absolute atomic E-state index is 0. The Hall–Kier alpha value is -2.17. The highest BCUT2D eigenvalue weighted by Gasteiger charge is 2.32. The molecule has 2 heterocycles. The SMILES string of the molecule is Cl.Cl.NN=Cc1cccc(CN2CC[C@@H](CNS(=O)(=O)c3ccc4c(c3)CNCC4)C2=O)c1. The van der Waals surface area contributed by atoms with Gasteiger partial charge in [-0.05, 0) is 59.8 Å². The first-order chi connectivity index (χ1) is 15.0. The van der Waals surface area contributed by atoms with E-state index in [1.54, 1.807) is 23.2 Å². The maximum Gasteiger partial charge on any atom is 0.240 e. The van der Waals surface area contributed by atoms with Gasteiger partial charge >= 0.3 is 0 Å². The van der Waals surface area contributed by atoms with E-state index in [1.165, 1.54) is 5.56 Å². The molecule has 2 aliphatic heterocycles. The van der Waals surface area contributed by atoms with Gasteiger partial charge in [-0.25, -0.2) is 13.1 Å². The van der Waals surface area contributed by atoms with Crippen LogP contribution in [0, 0.1) is 5.92 Å². The number of fused-ring (bicyclic) bond motifs is 1. The van der Waals surface area contributed by atoms with E-state index in [4.69, 9.17) is 5.84 Å². The molecule has 1 atom stereocenters. The summed E-state index contributed by atoms with van der Waals surface area (Å²) in [5.41, 5.74) is 4.05. The van der Waals surface area contributed by atoms with E-state index in [1.807, 2.05) is 30.3 Å². The fourth-order valence-electron chi connectivity index (χ4n) is 4.15. The standard InChI is InChI=1S/C22H27N5O3S.2ClH/c23-25-12-16-2-1-3-17(10-16)15-27-9-7-19(22(27)28)14-26-31(29,30)21-5-4-18-6-8-24-13-20(18)11-21;;/h1-5,10-12,19,24,26H,6-9,13-15,23H2;2*1H/t19-;;/m0../s1. The Kier molecular flexibility index (Phi) is 9.69. The largest absolute Gasteiger partial charge is 0.338 e. The number of nitrogens with zero attached hydrogens (tertiary/aromatic N) is 2. The summed E-state index contributed by atoms with van der Waals surface area (Å²) in [7, 11) is -3.67. The van der Waals surface area contributed by atoms with E-state index in [2.05, 4.69) is 15.1 Å². The fourth-order valence-corrected chi connectivity index (χ4v) is 5.28. The molecular weight excluding hydrogens is 485 g/mol. The highest BCUT2D eigenvalue weighted by atomic mass is 35.5. The number of rotatable bonds is 7. The van der Waals surface area contributed by atoms with Gasteiger partial charge in [0.2, 0.25) is 15.9 Å². The number of halogens is 2. The summed E-state index contributed by atoms with van der Waals surface area (Å²) in [6.45, 7) is 2.76. The maximum absolute atomic E-state index is 12.8. The Morgan fingerprint density at radius 2 is 2.00 bits per heavy atom. The minimum Gasteiger partial charge on any atom is -0.338 e. The molecule has 0 unspecified atom stereocenters. The molecule has 33 heavy (non-hydrogen) atoms. The molecule has 1 fully saturated rings. The van der Waals surface area contributed by atoms with Crippen molar-refractivity contribution in [1.29, 1.82) is 0 Å². The van der Waals surface area contributed by atoms with E-state index in [0.29, 0.717) is 26.1 Å². The predicted octanol–water partition coefficient (Wildman–Crippen LogP) is 1.80. The van der Waals surface area contributed by atoms with Crippen molar-refractivity contribution in [3.63, 3.8) is 0 Å². The number of benzene rings is 2. The van der Waals surface area contributed by atoms with Crippen LogP contribution in [-0.2, 0) is 34.3 Å². The number of nitrogens with two attached hydrogens (primary N) is 1. The molecule has 4 N–H and O–H groups in total. The predicted molar refractivity (Wildman–Crippen MR) is 133 cm³/mol. The van der Waals surface area contributed by atoms with Crippen molar-refractivity contribution in [2.45, 2.75) is 30.8 Å². The first-order valence-corrected chi connectivity index (χ1v) is 11.9. The summed E-state index contributed by atoms with van der Waals surface area (Å²) in [4.78, 5) is 14.8. The van der Waals surface area contributed by atoms with Crippen LogP contribution in [0.25, 0.3) is 0 Å². The monoisotopic (exact) mass is 513 g/mol. The zero-order chi connectivity index (χ0) is 21.8. The second-order valence-electron chi connectivity index (χ2n) is 7.98. The van der Waals surface area contributed by atoms with Crippen molar-refractivity contribution in [3.05, 3.63) is 64.7 Å². The van der Waals surface area contributed by atoms with Crippen molar-refractivity contribution in [2.24, 2.45) is 16.9 Å². The van der Waals surface area contributed by atoms with Crippen LogP contribution in [0.3, 0.4) is 0 Å². The second kappa shape index (κ2) is 11.8. The molecule has 0 aromatic heterocycles. The maximum atomic E-state index is 12.8. The van der Waals surface area contributed by atoms with Gasteiger partial charge in [-0.15, -0.1) is 24.8 Å². The van der Waals surface area contributed by atoms with E-state index in [-0.39, 0.29) is 48.1 Å². The molecule has 4 rings (SSSR count). The van der Waals surface area contributed by atoms with Gasteiger partial charge in [0.15, 0.2) is 0 Å². The average molecular weight is 514 g/mol. The van der Waals surface area contributed by atoms with Crippen molar-refractivity contribution >= 4 is 47.0 Å². The van der Waals surface area contributed by atoms with Crippen LogP contribution < -0.4 is 15.9 Å². The number of hydrogen-bond donors (Lipinski definition) is 3. The van der Waals surface area contributed by atoms with Gasteiger partial charge in [0.25, 0.3) is 0 Å². The van der Waals surface area contributed by atoms with Crippen LogP contribution in [0.15, 0.2) is 52.5 Å². The van der Waals surface area contributed by atoms with Gasteiger partial charge in [0.05, 0.1) is 17.0 Å². The molecule has 11 heteroatoms. The van der Waals surface area contributed by atoms with Gasteiger partial charge in [0.1, 0.15) is 0 Å². The highest BCUT2D eigenvalue weighted by molar-refractivity contribution is 7.89. The Labute approximate surface area is 206 Å². The summed E-state index contributed by atoms with van der Waals surface area (Å²) >= 11 is 0. The number of nitrogens with one attached hydrogen (secondary N) is 2. The molecule has 1 saturated heterocycles. The van der Waals surface area contributed by atoms with Gasteiger partial charge in [0, 0.05) is 26.2 Å². The van der Waals surface area contributed by atoms with Crippen LogP contribution >= 0.6 is 24.8 Å². The number of carbonyl (C=O) groups is 1. The molecule has 0 bridgehead atoms. The lowest BCUT2D eigenvalue weighted by Crippen LogP contribution is -2.34. The fraction of sp³-hybridized carbons (Fsp3) is 0.364. The first kappa shape index (κ1) is 27.1. The lowest BCUT2D eigenvalue weighted by atomic mass is 10.0. The van der Waals surface area contributed by atoms with E-state index in [9.17, 15) is 13.2 Å². The highest BCUT2D eigenvalue weighted by Crippen LogP contribution is 2.22. The summed E-state index contributed by atoms with van der Waals surface area (Å²) in [5.74, 6) is 4.81.